The molecule has 2 N–H and O–H groups in total. The number of hydrogen-bond acceptors (Lipinski definition) is 4. The summed E-state index contributed by atoms with van der Waals surface area (Å²) in [6.45, 7) is 4.20. The number of halogens is 1. The molecule has 0 aromatic carbocycles. The smallest absolute Gasteiger partial charge is 0.114 e. The number of nitrogens with two attached hydrogens (primary N) is 1. The van der Waals surface area contributed by atoms with Crippen molar-refractivity contribution in [2.75, 3.05) is 0 Å². The van der Waals surface area contributed by atoms with Gasteiger partial charge in [0.05, 0.1) is 11.7 Å². The summed E-state index contributed by atoms with van der Waals surface area (Å²) in [5, 5.41) is 0.958. The molecule has 0 saturated carbocycles. The van der Waals surface area contributed by atoms with E-state index in [4.69, 9.17) is 5.73 Å². The van der Waals surface area contributed by atoms with E-state index in [1.807, 2.05) is 6.07 Å². The van der Waals surface area contributed by atoms with Crippen LogP contribution in [-0.4, -0.2) is 9.97 Å². The Hall–Kier alpha value is -0.780. The van der Waals surface area contributed by atoms with Gasteiger partial charge in [0.25, 0.3) is 0 Å². The molecule has 2 aromatic rings. The van der Waals surface area contributed by atoms with Crippen molar-refractivity contribution in [1.82, 2.24) is 9.97 Å². The zero-order valence-electron chi connectivity index (χ0n) is 9.77. The van der Waals surface area contributed by atoms with Gasteiger partial charge in [-0.25, -0.2) is 4.98 Å². The van der Waals surface area contributed by atoms with Crippen LogP contribution in [0.25, 0.3) is 0 Å². The van der Waals surface area contributed by atoms with Crippen LogP contribution >= 0.6 is 27.3 Å². The first-order valence-corrected chi connectivity index (χ1v) is 7.05. The van der Waals surface area contributed by atoms with Gasteiger partial charge in [0, 0.05) is 21.7 Å². The third-order valence-corrected chi connectivity index (χ3v) is 4.13. The highest BCUT2D eigenvalue weighted by Gasteiger charge is 2.15. The summed E-state index contributed by atoms with van der Waals surface area (Å²) < 4.78 is 0.939. The van der Waals surface area contributed by atoms with E-state index in [-0.39, 0.29) is 6.04 Å². The van der Waals surface area contributed by atoms with E-state index in [1.54, 1.807) is 23.7 Å². The second kappa shape index (κ2) is 5.25. The number of aromatic nitrogens is 2. The van der Waals surface area contributed by atoms with Gasteiger partial charge in [0.2, 0.25) is 0 Å². The first-order valence-electron chi connectivity index (χ1n) is 5.44. The van der Waals surface area contributed by atoms with E-state index in [0.717, 1.165) is 27.2 Å². The maximum Gasteiger partial charge on any atom is 0.114 e. The average Bonchev–Trinajstić information content (AvgIpc) is 2.69. The Morgan fingerprint density at radius 3 is 2.82 bits per heavy atom. The van der Waals surface area contributed by atoms with Crippen LogP contribution in [0.3, 0.4) is 0 Å². The van der Waals surface area contributed by atoms with Crippen molar-refractivity contribution in [1.29, 1.82) is 0 Å². The molecular formula is C12H14BrN3S. The lowest BCUT2D eigenvalue weighted by molar-refractivity contribution is 0.837. The maximum atomic E-state index is 6.21. The van der Waals surface area contributed by atoms with Gasteiger partial charge in [-0.1, -0.05) is 6.92 Å². The molecule has 0 aliphatic heterocycles. The van der Waals surface area contributed by atoms with Crippen LogP contribution in [0.2, 0.25) is 0 Å². The predicted octanol–water partition coefficient (Wildman–Crippen LogP) is 3.22. The van der Waals surface area contributed by atoms with Crippen LogP contribution < -0.4 is 5.73 Å². The fourth-order valence-electron chi connectivity index (χ4n) is 1.65. The van der Waals surface area contributed by atoms with Crippen LogP contribution in [-0.2, 0) is 6.42 Å². The van der Waals surface area contributed by atoms with Gasteiger partial charge in [-0.2, -0.15) is 0 Å². The molecule has 0 aliphatic carbocycles. The number of thiazole rings is 1. The molecule has 0 spiro atoms. The molecule has 90 valence electrons. The Morgan fingerprint density at radius 1 is 1.47 bits per heavy atom. The van der Waals surface area contributed by atoms with Gasteiger partial charge in [-0.05, 0) is 40.9 Å². The molecule has 2 heterocycles. The molecule has 0 saturated heterocycles. The number of aryl methyl sites for hydroxylation is 2. The number of rotatable bonds is 3. The molecule has 2 rings (SSSR count). The zero-order chi connectivity index (χ0) is 12.4. The minimum Gasteiger partial charge on any atom is -0.318 e. The van der Waals surface area contributed by atoms with Crippen molar-refractivity contribution in [2.45, 2.75) is 26.3 Å². The molecule has 0 bridgehead atoms. The summed E-state index contributed by atoms with van der Waals surface area (Å²) in [7, 11) is 0. The Morgan fingerprint density at radius 2 is 2.24 bits per heavy atom. The Balaban J connectivity index is 2.33. The lowest BCUT2D eigenvalue weighted by Crippen LogP contribution is -2.12. The molecule has 0 aliphatic rings. The molecule has 1 unspecified atom stereocenters. The normalized spacial score (nSPS) is 12.7. The molecule has 3 nitrogen and oxygen atoms in total. The second-order valence-corrected chi connectivity index (χ2v) is 5.97. The van der Waals surface area contributed by atoms with Crippen molar-refractivity contribution < 1.29 is 0 Å². The van der Waals surface area contributed by atoms with Crippen molar-refractivity contribution in [3.63, 3.8) is 0 Å². The van der Waals surface area contributed by atoms with Crippen LogP contribution in [0.5, 0.6) is 0 Å². The highest BCUT2D eigenvalue weighted by Crippen LogP contribution is 2.27. The van der Waals surface area contributed by atoms with Gasteiger partial charge in [0.1, 0.15) is 5.01 Å². The minimum absolute atomic E-state index is 0.191. The quantitative estimate of drug-likeness (QED) is 0.947. The summed E-state index contributed by atoms with van der Waals surface area (Å²) in [6.07, 6.45) is 4.49. The fraction of sp³-hybridized carbons (Fsp3) is 0.333. The van der Waals surface area contributed by atoms with Crippen LogP contribution in [0.4, 0.5) is 0 Å². The van der Waals surface area contributed by atoms with Gasteiger partial charge in [0.15, 0.2) is 0 Å². The second-order valence-electron chi connectivity index (χ2n) is 3.82. The summed E-state index contributed by atoms with van der Waals surface area (Å²) in [5.74, 6) is 0. The number of hydrogen-bond donors (Lipinski definition) is 1. The van der Waals surface area contributed by atoms with Gasteiger partial charge < -0.3 is 5.73 Å². The SMILES string of the molecule is CCc1nc(C(N)c2cncc(Br)c2)sc1C. The lowest BCUT2D eigenvalue weighted by Gasteiger charge is -2.08. The summed E-state index contributed by atoms with van der Waals surface area (Å²) in [4.78, 5) is 9.97. The predicted molar refractivity (Wildman–Crippen MR) is 74.2 cm³/mol. The molecule has 5 heteroatoms. The molecule has 1 atom stereocenters. The molecule has 17 heavy (non-hydrogen) atoms. The maximum absolute atomic E-state index is 6.21. The van der Waals surface area contributed by atoms with Gasteiger partial charge >= 0.3 is 0 Å². The van der Waals surface area contributed by atoms with Crippen LogP contribution in [0.1, 0.15) is 34.1 Å². The van der Waals surface area contributed by atoms with Crippen LogP contribution in [0.15, 0.2) is 22.9 Å². The first kappa shape index (κ1) is 12.7. The average molecular weight is 312 g/mol. The summed E-state index contributed by atoms with van der Waals surface area (Å²) >= 11 is 5.07. The van der Waals surface area contributed by atoms with Crippen molar-refractivity contribution >= 4 is 27.3 Å². The molecule has 0 amide bonds. The zero-order valence-corrected chi connectivity index (χ0v) is 12.2. The minimum atomic E-state index is -0.191. The summed E-state index contributed by atoms with van der Waals surface area (Å²) in [6, 6.07) is 1.80. The van der Waals surface area contributed by atoms with E-state index >= 15 is 0 Å². The van der Waals surface area contributed by atoms with Gasteiger partial charge in [-0.3, -0.25) is 4.98 Å². The Kier molecular flexibility index (Phi) is 3.91. The first-order chi connectivity index (χ1) is 8.11. The topological polar surface area (TPSA) is 51.8 Å². The van der Waals surface area contributed by atoms with Gasteiger partial charge in [-0.15, -0.1) is 11.3 Å². The van der Waals surface area contributed by atoms with E-state index < -0.39 is 0 Å². The highest BCUT2D eigenvalue weighted by molar-refractivity contribution is 9.10. The Labute approximate surface area is 113 Å². The third-order valence-electron chi connectivity index (χ3n) is 2.60. The molecule has 0 radical (unpaired) electrons. The largest absolute Gasteiger partial charge is 0.318 e. The molecular weight excluding hydrogens is 298 g/mol. The van der Waals surface area contributed by atoms with Crippen molar-refractivity contribution in [2.24, 2.45) is 5.73 Å². The monoisotopic (exact) mass is 311 g/mol. The number of pyridine rings is 1. The van der Waals surface area contributed by atoms with E-state index in [1.165, 1.54) is 4.88 Å². The number of nitrogens with zero attached hydrogens (tertiary/aromatic N) is 2. The van der Waals surface area contributed by atoms with Crippen LogP contribution in [0, 0.1) is 6.92 Å². The standard InChI is InChI=1S/C12H14BrN3S/c1-3-10-7(2)17-12(16-10)11(14)8-4-9(13)6-15-5-8/h4-6,11H,3,14H2,1-2H3. The summed E-state index contributed by atoms with van der Waals surface area (Å²) in [5.41, 5.74) is 8.33. The molecule has 0 fully saturated rings. The highest BCUT2D eigenvalue weighted by atomic mass is 79.9. The van der Waals surface area contributed by atoms with Crippen molar-refractivity contribution in [3.8, 4) is 0 Å². The lowest BCUT2D eigenvalue weighted by atomic mass is 10.1. The van der Waals surface area contributed by atoms with E-state index in [0.29, 0.717) is 0 Å². The fourth-order valence-corrected chi connectivity index (χ4v) is 3.08. The third kappa shape index (κ3) is 2.73. The van der Waals surface area contributed by atoms with Crippen molar-refractivity contribution in [3.05, 3.63) is 44.1 Å². The Bertz CT molecular complexity index is 524. The molecule has 2 aromatic heterocycles. The van der Waals surface area contributed by atoms with E-state index in [9.17, 15) is 0 Å². The van der Waals surface area contributed by atoms with E-state index in [2.05, 4.69) is 39.7 Å².